The molecule has 0 fully saturated rings. The Morgan fingerprint density at radius 2 is 0.455 bits per heavy atom. The Balaban J connectivity index is 4.40. The van der Waals surface area contributed by atoms with Crippen LogP contribution < -0.4 is 0 Å². The molecule has 0 rings (SSSR count). The van der Waals surface area contributed by atoms with Gasteiger partial charge in [0.05, 0.1) is 0 Å². The van der Waals surface area contributed by atoms with Crippen LogP contribution in [0.3, 0.4) is 0 Å². The Morgan fingerprint density at radius 1 is 0.250 bits per heavy atom. The van der Waals surface area contributed by atoms with Crippen LogP contribution >= 0.6 is 15.2 Å². The molecule has 0 heterocycles. The van der Waals surface area contributed by atoms with E-state index < -0.39 is 6.95 Å². The third-order valence-corrected chi connectivity index (χ3v) is 21.1. The van der Waals surface area contributed by atoms with E-state index in [2.05, 4.69) is 27.7 Å². The van der Waals surface area contributed by atoms with Crippen molar-refractivity contribution in [3.63, 3.8) is 0 Å². The van der Waals surface area contributed by atoms with Gasteiger partial charge in [-0.1, -0.05) is 45.4 Å². The fourth-order valence-electron chi connectivity index (χ4n) is 7.40. The standard InChI is InChI=1S/C42H90P2/c1-5-9-13-17-21-22-23-24-25-26-27-28-29-30-31-35-39-43-44(40-36-32-18-14-10-6-2,41-37-33-19-15-11-7-3)42-38-34-20-16-12-8-4/h43-44H,5-42H2,1-4H3. The minimum absolute atomic E-state index is 1.08. The topological polar surface area (TPSA) is 0 Å². The molecule has 0 aromatic heterocycles. The molecule has 0 aromatic rings. The van der Waals surface area contributed by atoms with Gasteiger partial charge in [-0.25, -0.2) is 0 Å². The van der Waals surface area contributed by atoms with Crippen molar-refractivity contribution in [2.45, 2.75) is 246 Å². The second-order valence-corrected chi connectivity index (χ2v) is 24.2. The van der Waals surface area contributed by atoms with Gasteiger partial charge in [0.25, 0.3) is 0 Å². The summed E-state index contributed by atoms with van der Waals surface area (Å²) in [4.78, 5) is 0. The molecular weight excluding hydrogens is 566 g/mol. The molecule has 2 heteroatoms. The molecule has 0 radical (unpaired) electrons. The summed E-state index contributed by atoms with van der Waals surface area (Å²) >= 11 is 0. The van der Waals surface area contributed by atoms with Gasteiger partial charge < -0.3 is 0 Å². The van der Waals surface area contributed by atoms with E-state index in [0.29, 0.717) is 0 Å². The van der Waals surface area contributed by atoms with Crippen molar-refractivity contribution in [3.05, 3.63) is 0 Å². The van der Waals surface area contributed by atoms with E-state index in [1.807, 2.05) is 0 Å². The Kier molecular flexibility index (Phi) is 39.1. The first-order valence-electron chi connectivity index (χ1n) is 21.5. The van der Waals surface area contributed by atoms with E-state index in [1.165, 1.54) is 201 Å². The van der Waals surface area contributed by atoms with Crippen LogP contribution in [0, 0.1) is 0 Å². The second-order valence-electron chi connectivity index (χ2n) is 15.1. The minimum atomic E-state index is -1.08. The maximum absolute atomic E-state index is 2.36. The first-order chi connectivity index (χ1) is 21.7. The molecule has 44 heavy (non-hydrogen) atoms. The molecule has 0 aromatic carbocycles. The summed E-state index contributed by atoms with van der Waals surface area (Å²) in [6, 6.07) is 0. The predicted octanol–water partition coefficient (Wildman–Crippen LogP) is 16.7. The summed E-state index contributed by atoms with van der Waals surface area (Å²) in [5, 5.41) is 0. The molecule has 0 aliphatic heterocycles. The van der Waals surface area contributed by atoms with Crippen molar-refractivity contribution in [3.8, 4) is 0 Å². The number of unbranched alkanes of at least 4 members (excludes halogenated alkanes) is 30. The Hall–Kier alpha value is 0.860. The molecule has 0 spiro atoms. The molecule has 0 nitrogen and oxygen atoms in total. The molecule has 0 saturated carbocycles. The summed E-state index contributed by atoms with van der Waals surface area (Å²) in [7, 11) is 1.38. The van der Waals surface area contributed by atoms with Crippen LogP contribution in [-0.2, 0) is 0 Å². The fourth-order valence-corrected chi connectivity index (χ4v) is 17.7. The number of hydrogen-bond acceptors (Lipinski definition) is 0. The van der Waals surface area contributed by atoms with Gasteiger partial charge in [-0.05, 0) is 0 Å². The zero-order valence-corrected chi connectivity index (χ0v) is 33.9. The van der Waals surface area contributed by atoms with Gasteiger partial charge in [-0.2, -0.15) is 0 Å². The summed E-state index contributed by atoms with van der Waals surface area (Å²) in [6.07, 6.45) is 57.4. The maximum atomic E-state index is 2.36. The van der Waals surface area contributed by atoms with E-state index in [-0.39, 0.29) is 0 Å². The van der Waals surface area contributed by atoms with Crippen molar-refractivity contribution in [2.75, 3.05) is 24.6 Å². The average Bonchev–Trinajstić information content (AvgIpc) is 3.03. The van der Waals surface area contributed by atoms with Gasteiger partial charge >= 0.3 is 240 Å². The van der Waals surface area contributed by atoms with E-state index in [4.69, 9.17) is 0 Å². The van der Waals surface area contributed by atoms with Crippen LogP contribution in [0.25, 0.3) is 0 Å². The monoisotopic (exact) mass is 657 g/mol. The van der Waals surface area contributed by atoms with Crippen LogP contribution in [0.1, 0.15) is 246 Å². The quantitative estimate of drug-likeness (QED) is 0.0456. The Labute approximate surface area is 285 Å². The first-order valence-corrected chi connectivity index (χ1v) is 26.3. The zero-order chi connectivity index (χ0) is 32.1. The Bertz CT molecular complexity index is 463. The van der Waals surface area contributed by atoms with Crippen molar-refractivity contribution < 1.29 is 0 Å². The van der Waals surface area contributed by atoms with E-state index in [9.17, 15) is 0 Å². The zero-order valence-electron chi connectivity index (χ0n) is 31.9. The molecule has 1 atom stereocenters. The van der Waals surface area contributed by atoms with E-state index in [0.717, 1.165) is 0 Å². The molecule has 0 N–H and O–H groups in total. The van der Waals surface area contributed by atoms with Crippen LogP contribution in [-0.4, -0.2) is 24.6 Å². The first kappa shape index (κ1) is 44.9. The predicted molar refractivity (Wildman–Crippen MR) is 216 cm³/mol. The van der Waals surface area contributed by atoms with Gasteiger partial charge in [-0.3, -0.25) is 0 Å². The summed E-state index contributed by atoms with van der Waals surface area (Å²) in [6.45, 7) is 8.32. The van der Waals surface area contributed by atoms with Gasteiger partial charge in [0.1, 0.15) is 0 Å². The van der Waals surface area contributed by atoms with Gasteiger partial charge in [-0.15, -0.1) is 0 Å². The number of rotatable bonds is 39. The molecule has 268 valence electrons. The molecular formula is C42H90P2. The van der Waals surface area contributed by atoms with Crippen LogP contribution in [0.4, 0.5) is 0 Å². The van der Waals surface area contributed by atoms with Crippen molar-refractivity contribution in [1.82, 2.24) is 0 Å². The van der Waals surface area contributed by atoms with Gasteiger partial charge in [0.2, 0.25) is 0 Å². The normalized spacial score (nSPS) is 12.6. The van der Waals surface area contributed by atoms with E-state index in [1.54, 1.807) is 50.3 Å². The summed E-state index contributed by atoms with van der Waals surface area (Å²) < 4.78 is 0. The van der Waals surface area contributed by atoms with Gasteiger partial charge in [0, 0.05) is 0 Å². The summed E-state index contributed by atoms with van der Waals surface area (Å²) in [5.41, 5.74) is 0. The molecule has 0 aliphatic carbocycles. The third kappa shape index (κ3) is 32.8. The molecule has 1 unspecified atom stereocenters. The second kappa shape index (κ2) is 38.3. The van der Waals surface area contributed by atoms with Crippen molar-refractivity contribution in [1.29, 1.82) is 0 Å². The summed E-state index contributed by atoms with van der Waals surface area (Å²) in [5.74, 6) is 0. The molecule has 0 saturated heterocycles. The van der Waals surface area contributed by atoms with Crippen molar-refractivity contribution >= 4 is 15.2 Å². The van der Waals surface area contributed by atoms with Crippen LogP contribution in [0.2, 0.25) is 0 Å². The fraction of sp³-hybridized carbons (Fsp3) is 1.00. The third-order valence-electron chi connectivity index (χ3n) is 10.6. The molecule has 0 bridgehead atoms. The van der Waals surface area contributed by atoms with Gasteiger partial charge in [0.15, 0.2) is 0 Å². The number of hydrogen-bond donors (Lipinski definition) is 0. The SMILES string of the molecule is CCCCCCCCCCCCCCCCCCP[PH](CCCCCCCC)(CCCCCCCC)CCCCCCCC. The van der Waals surface area contributed by atoms with E-state index >= 15 is 0 Å². The molecule has 0 amide bonds. The van der Waals surface area contributed by atoms with Crippen LogP contribution in [0.5, 0.6) is 0 Å². The molecule has 0 aliphatic rings. The van der Waals surface area contributed by atoms with Crippen molar-refractivity contribution in [2.24, 2.45) is 0 Å². The van der Waals surface area contributed by atoms with Crippen LogP contribution in [0.15, 0.2) is 0 Å². The average molecular weight is 657 g/mol. The Morgan fingerprint density at radius 3 is 0.705 bits per heavy atom.